The van der Waals surface area contributed by atoms with E-state index in [9.17, 15) is 28.1 Å². The van der Waals surface area contributed by atoms with Gasteiger partial charge in [0.15, 0.2) is 0 Å². The normalized spacial score (nSPS) is 15.3. The van der Waals surface area contributed by atoms with E-state index in [0.717, 1.165) is 0 Å². The highest BCUT2D eigenvalue weighted by molar-refractivity contribution is 5.94. The molecule has 0 unspecified atom stereocenters. The van der Waals surface area contributed by atoms with E-state index in [1.54, 1.807) is 30.3 Å². The molecule has 1 aliphatic rings. The predicted octanol–water partition coefficient (Wildman–Crippen LogP) is 3.79. The lowest BCUT2D eigenvalue weighted by Crippen LogP contribution is -2.47. The zero-order valence-electron chi connectivity index (χ0n) is 16.9. The van der Waals surface area contributed by atoms with Gasteiger partial charge in [-0.1, -0.05) is 30.3 Å². The lowest BCUT2D eigenvalue weighted by Gasteiger charge is -2.34. The van der Waals surface area contributed by atoms with Gasteiger partial charge in [-0.25, -0.2) is 0 Å². The number of imidazole rings is 1. The summed E-state index contributed by atoms with van der Waals surface area (Å²) in [6.07, 6.45) is -3.57. The molecule has 0 aliphatic carbocycles. The Labute approximate surface area is 185 Å². The van der Waals surface area contributed by atoms with E-state index in [0.29, 0.717) is 11.1 Å². The molecule has 0 saturated carbocycles. The summed E-state index contributed by atoms with van der Waals surface area (Å²) in [7, 11) is 0. The number of ether oxygens (including phenoxy) is 2. The smallest absolute Gasteiger partial charge is 0.444 e. The number of hydrogen-bond donors (Lipinski definition) is 0. The zero-order chi connectivity index (χ0) is 23.6. The van der Waals surface area contributed by atoms with Crippen LogP contribution < -0.4 is 9.47 Å². The average Bonchev–Trinajstić information content (AvgIpc) is 3.21. The summed E-state index contributed by atoms with van der Waals surface area (Å²) >= 11 is 0. The molecule has 1 aliphatic heterocycles. The van der Waals surface area contributed by atoms with Crippen LogP contribution >= 0.6 is 0 Å². The van der Waals surface area contributed by atoms with Crippen molar-refractivity contribution in [2.75, 3.05) is 6.61 Å². The Morgan fingerprint density at radius 3 is 2.55 bits per heavy atom. The van der Waals surface area contributed by atoms with Crippen molar-refractivity contribution in [2.45, 2.75) is 25.5 Å². The molecule has 172 valence electrons. The van der Waals surface area contributed by atoms with Crippen LogP contribution in [0.25, 0.3) is 0 Å². The SMILES string of the molecule is O=C(c1ccccc1)N(Cc1ccc(OC(F)(F)F)cc1)[C@@H]1COc2nc([N+](=O)[O-])cn2C1. The molecule has 0 fully saturated rings. The summed E-state index contributed by atoms with van der Waals surface area (Å²) in [6.45, 7) is 0.312. The Bertz CT molecular complexity index is 1150. The number of nitro groups is 1. The fraction of sp³-hybridized carbons (Fsp3) is 0.238. The summed E-state index contributed by atoms with van der Waals surface area (Å²) in [5.41, 5.74) is 0.980. The van der Waals surface area contributed by atoms with E-state index in [2.05, 4.69) is 9.72 Å². The lowest BCUT2D eigenvalue weighted by molar-refractivity contribution is -0.389. The predicted molar refractivity (Wildman–Crippen MR) is 108 cm³/mol. The van der Waals surface area contributed by atoms with Crippen molar-refractivity contribution in [3.8, 4) is 11.8 Å². The highest BCUT2D eigenvalue weighted by atomic mass is 19.4. The maximum Gasteiger partial charge on any atom is 0.573 e. The van der Waals surface area contributed by atoms with Crippen molar-refractivity contribution in [3.63, 3.8) is 0 Å². The first-order chi connectivity index (χ1) is 15.7. The number of carbonyl (C=O) groups is 1. The summed E-state index contributed by atoms with van der Waals surface area (Å²) in [5, 5.41) is 11.0. The van der Waals surface area contributed by atoms with Crippen molar-refractivity contribution in [2.24, 2.45) is 0 Å². The minimum Gasteiger partial charge on any atom is -0.444 e. The number of halogens is 3. The molecule has 0 radical (unpaired) electrons. The molecule has 3 aromatic rings. The fourth-order valence-corrected chi connectivity index (χ4v) is 3.47. The van der Waals surface area contributed by atoms with Crippen molar-refractivity contribution in [3.05, 3.63) is 82.0 Å². The molecule has 12 heteroatoms. The molecule has 33 heavy (non-hydrogen) atoms. The first-order valence-electron chi connectivity index (χ1n) is 9.74. The summed E-state index contributed by atoms with van der Waals surface area (Å²) < 4.78 is 48.2. The number of nitrogens with zero attached hydrogens (tertiary/aromatic N) is 4. The van der Waals surface area contributed by atoms with E-state index in [1.807, 2.05) is 0 Å². The van der Waals surface area contributed by atoms with Crippen molar-refractivity contribution in [1.29, 1.82) is 0 Å². The van der Waals surface area contributed by atoms with Crippen LogP contribution in [0.15, 0.2) is 60.8 Å². The van der Waals surface area contributed by atoms with Crippen LogP contribution in [0.1, 0.15) is 15.9 Å². The van der Waals surface area contributed by atoms with Crippen LogP contribution in [0.4, 0.5) is 19.0 Å². The van der Waals surface area contributed by atoms with Gasteiger partial charge >= 0.3 is 18.2 Å². The number of aromatic nitrogens is 2. The third kappa shape index (κ3) is 5.22. The topological polar surface area (TPSA) is 99.7 Å². The second-order valence-electron chi connectivity index (χ2n) is 7.25. The van der Waals surface area contributed by atoms with Gasteiger partial charge in [-0.05, 0) is 34.8 Å². The molecular formula is C21H17F3N4O5. The van der Waals surface area contributed by atoms with Gasteiger partial charge in [-0.2, -0.15) is 0 Å². The number of fused-ring (bicyclic) bond motifs is 1. The van der Waals surface area contributed by atoms with Crippen LogP contribution in [-0.4, -0.2) is 44.3 Å². The van der Waals surface area contributed by atoms with Gasteiger partial charge in [0.05, 0.1) is 12.6 Å². The van der Waals surface area contributed by atoms with Crippen molar-refractivity contribution in [1.82, 2.24) is 14.5 Å². The molecule has 1 atom stereocenters. The zero-order valence-corrected chi connectivity index (χ0v) is 16.9. The van der Waals surface area contributed by atoms with Gasteiger partial charge in [-0.3, -0.25) is 9.36 Å². The maximum atomic E-state index is 13.3. The second-order valence-corrected chi connectivity index (χ2v) is 7.25. The van der Waals surface area contributed by atoms with Crippen LogP contribution in [0.5, 0.6) is 11.8 Å². The van der Waals surface area contributed by atoms with E-state index < -0.39 is 17.3 Å². The first-order valence-corrected chi connectivity index (χ1v) is 9.74. The number of alkyl halides is 3. The molecule has 4 rings (SSSR count). The van der Waals surface area contributed by atoms with Gasteiger partial charge in [0, 0.05) is 17.1 Å². The van der Waals surface area contributed by atoms with E-state index in [4.69, 9.17) is 4.74 Å². The molecule has 0 bridgehead atoms. The van der Waals surface area contributed by atoms with Gasteiger partial charge in [0.25, 0.3) is 5.91 Å². The third-order valence-electron chi connectivity index (χ3n) is 4.96. The van der Waals surface area contributed by atoms with Crippen molar-refractivity contribution < 1.29 is 32.4 Å². The van der Waals surface area contributed by atoms with E-state index in [-0.39, 0.29) is 43.2 Å². The largest absolute Gasteiger partial charge is 0.573 e. The lowest BCUT2D eigenvalue weighted by atomic mass is 10.1. The Morgan fingerprint density at radius 2 is 1.91 bits per heavy atom. The first kappa shape index (κ1) is 22.1. The highest BCUT2D eigenvalue weighted by Gasteiger charge is 2.34. The molecule has 0 saturated heterocycles. The molecular weight excluding hydrogens is 445 g/mol. The van der Waals surface area contributed by atoms with Crippen molar-refractivity contribution >= 4 is 11.7 Å². The van der Waals surface area contributed by atoms with Crippen LogP contribution in [0, 0.1) is 10.1 Å². The number of rotatable bonds is 6. The summed E-state index contributed by atoms with van der Waals surface area (Å²) in [4.78, 5) is 29.0. The number of hydrogen-bond acceptors (Lipinski definition) is 6. The van der Waals surface area contributed by atoms with Gasteiger partial charge in [-0.15, -0.1) is 13.2 Å². The summed E-state index contributed by atoms with van der Waals surface area (Å²) in [6, 6.07) is 13.3. The number of carbonyl (C=O) groups excluding carboxylic acids is 1. The maximum absolute atomic E-state index is 13.3. The Hall–Kier alpha value is -4.09. The third-order valence-corrected chi connectivity index (χ3v) is 4.96. The van der Waals surface area contributed by atoms with E-state index in [1.165, 1.54) is 39.9 Å². The standard InChI is InChI=1S/C21H17F3N4O5/c22-21(23,24)33-17-8-6-14(7-9-17)10-27(19(29)15-4-2-1-3-5-15)16-11-26-12-18(28(30)31)25-20(26)32-13-16/h1-9,12,16H,10-11,13H2/t16-/m0/s1. The van der Waals surface area contributed by atoms with Crippen LogP contribution in [0.3, 0.4) is 0 Å². The van der Waals surface area contributed by atoms with Crippen LogP contribution in [0.2, 0.25) is 0 Å². The van der Waals surface area contributed by atoms with Gasteiger partial charge < -0.3 is 24.5 Å². The molecule has 9 nitrogen and oxygen atoms in total. The Balaban J connectivity index is 1.59. The molecule has 0 N–H and O–H groups in total. The average molecular weight is 462 g/mol. The number of benzene rings is 2. The monoisotopic (exact) mass is 462 g/mol. The fourth-order valence-electron chi connectivity index (χ4n) is 3.47. The molecule has 1 amide bonds. The second kappa shape index (κ2) is 8.81. The van der Waals surface area contributed by atoms with Gasteiger partial charge in [0.2, 0.25) is 0 Å². The quantitative estimate of drug-likeness (QED) is 0.408. The van der Waals surface area contributed by atoms with Crippen LogP contribution in [-0.2, 0) is 13.1 Å². The van der Waals surface area contributed by atoms with Gasteiger partial charge in [0.1, 0.15) is 18.6 Å². The molecule has 1 aromatic heterocycles. The number of amides is 1. The molecule has 2 aromatic carbocycles. The van der Waals surface area contributed by atoms with E-state index >= 15 is 0 Å². The summed E-state index contributed by atoms with van der Waals surface area (Å²) in [5.74, 6) is -1.06. The minimum atomic E-state index is -4.80. The highest BCUT2D eigenvalue weighted by Crippen LogP contribution is 2.27. The Kier molecular flexibility index (Phi) is 5.90. The Morgan fingerprint density at radius 1 is 1.21 bits per heavy atom. The minimum absolute atomic E-state index is 0.0437. The molecule has 2 heterocycles. The molecule has 0 spiro atoms.